The number of phenols is 1. The van der Waals surface area contributed by atoms with Gasteiger partial charge in [-0.1, -0.05) is 43.4 Å². The molecule has 0 unspecified atom stereocenters. The molecule has 2 rings (SSSR count). The van der Waals surface area contributed by atoms with Gasteiger partial charge < -0.3 is 15.5 Å². The number of nitrogens with one attached hydrogen (secondary N) is 1. The summed E-state index contributed by atoms with van der Waals surface area (Å²) in [4.78, 5) is 12.0. The van der Waals surface area contributed by atoms with Gasteiger partial charge in [-0.3, -0.25) is 4.79 Å². The van der Waals surface area contributed by atoms with Crippen LogP contribution in [0.2, 0.25) is 5.02 Å². The second-order valence-corrected chi connectivity index (χ2v) is 6.27. The maximum absolute atomic E-state index is 12.0. The van der Waals surface area contributed by atoms with Crippen LogP contribution in [0.4, 0.5) is 0 Å². The van der Waals surface area contributed by atoms with Crippen molar-refractivity contribution in [3.8, 4) is 5.75 Å². The lowest BCUT2D eigenvalue weighted by atomic mass is 9.94. The van der Waals surface area contributed by atoms with Crippen LogP contribution in [-0.2, 0) is 11.2 Å². The number of phenolic OH excluding ortho intramolecular Hbond substituents is 1. The average Bonchev–Trinajstić information content (AvgIpc) is 2.65. The molecule has 5 heteroatoms. The molecule has 1 aromatic carbocycles. The Hall–Kier alpha value is -1.26. The average molecular weight is 312 g/mol. The van der Waals surface area contributed by atoms with Crippen LogP contribution in [0, 0.1) is 0 Å². The summed E-state index contributed by atoms with van der Waals surface area (Å²) in [6.45, 7) is 0.293. The highest BCUT2D eigenvalue weighted by atomic mass is 35.5. The van der Waals surface area contributed by atoms with Gasteiger partial charge in [-0.25, -0.2) is 0 Å². The zero-order valence-electron chi connectivity index (χ0n) is 12.1. The summed E-state index contributed by atoms with van der Waals surface area (Å²) in [7, 11) is 0. The number of hydrogen-bond donors (Lipinski definition) is 3. The molecule has 0 saturated heterocycles. The van der Waals surface area contributed by atoms with Gasteiger partial charge in [-0.15, -0.1) is 0 Å². The minimum absolute atomic E-state index is 0.0805. The summed E-state index contributed by atoms with van der Waals surface area (Å²) in [5, 5.41) is 22.9. The van der Waals surface area contributed by atoms with Gasteiger partial charge in [0.1, 0.15) is 5.75 Å². The SMILES string of the molecule is O=C(Cc1ccc(O)cc1Cl)NCC1(O)CCCCCC1. The van der Waals surface area contributed by atoms with Crippen molar-refractivity contribution in [1.29, 1.82) is 0 Å². The molecule has 116 valence electrons. The number of aliphatic hydroxyl groups is 1. The second-order valence-electron chi connectivity index (χ2n) is 5.87. The number of rotatable bonds is 4. The topological polar surface area (TPSA) is 69.6 Å². The number of carbonyl (C=O) groups is 1. The van der Waals surface area contributed by atoms with Crippen LogP contribution < -0.4 is 5.32 Å². The lowest BCUT2D eigenvalue weighted by molar-refractivity contribution is -0.121. The van der Waals surface area contributed by atoms with E-state index in [1.54, 1.807) is 6.07 Å². The lowest BCUT2D eigenvalue weighted by Gasteiger charge is -2.26. The van der Waals surface area contributed by atoms with Crippen molar-refractivity contribution in [3.63, 3.8) is 0 Å². The predicted octanol–water partition coefficient (Wildman–Crippen LogP) is 2.79. The minimum atomic E-state index is -0.773. The molecular formula is C16H22ClNO3. The Morgan fingerprint density at radius 1 is 1.24 bits per heavy atom. The van der Waals surface area contributed by atoms with Gasteiger partial charge in [0.05, 0.1) is 12.0 Å². The quantitative estimate of drug-likeness (QED) is 0.749. The van der Waals surface area contributed by atoms with Crippen LogP contribution in [0.1, 0.15) is 44.1 Å². The van der Waals surface area contributed by atoms with Gasteiger partial charge >= 0.3 is 0 Å². The molecule has 1 amide bonds. The van der Waals surface area contributed by atoms with Crippen LogP contribution in [0.25, 0.3) is 0 Å². The fourth-order valence-corrected chi connectivity index (χ4v) is 2.98. The molecule has 1 aliphatic carbocycles. The zero-order chi connectivity index (χ0) is 15.3. The maximum Gasteiger partial charge on any atom is 0.224 e. The Morgan fingerprint density at radius 2 is 1.90 bits per heavy atom. The van der Waals surface area contributed by atoms with Crippen LogP contribution in [0.5, 0.6) is 5.75 Å². The highest BCUT2D eigenvalue weighted by Crippen LogP contribution is 2.26. The molecule has 0 atom stereocenters. The molecule has 3 N–H and O–H groups in total. The first kappa shape index (κ1) is 16.1. The standard InChI is InChI=1S/C16H22ClNO3/c17-14-10-13(19)6-5-12(14)9-15(20)18-11-16(21)7-3-1-2-4-8-16/h5-6,10,19,21H,1-4,7-9,11H2,(H,18,20). The van der Waals surface area contributed by atoms with Crippen molar-refractivity contribution < 1.29 is 15.0 Å². The van der Waals surface area contributed by atoms with Crippen molar-refractivity contribution >= 4 is 17.5 Å². The summed E-state index contributed by atoms with van der Waals surface area (Å²) in [5.41, 5.74) is -0.106. The summed E-state index contributed by atoms with van der Waals surface area (Å²) in [6.07, 6.45) is 5.96. The Kier molecular flexibility index (Phi) is 5.48. The van der Waals surface area contributed by atoms with E-state index in [0.29, 0.717) is 17.1 Å². The zero-order valence-corrected chi connectivity index (χ0v) is 12.8. The molecule has 1 aromatic rings. The number of aromatic hydroxyl groups is 1. The molecular weight excluding hydrogens is 290 g/mol. The van der Waals surface area contributed by atoms with E-state index in [2.05, 4.69) is 5.32 Å². The second kappa shape index (κ2) is 7.14. The summed E-state index contributed by atoms with van der Waals surface area (Å²) >= 11 is 5.98. The normalized spacial score (nSPS) is 18.0. The Labute approximate surface area is 130 Å². The third-order valence-electron chi connectivity index (χ3n) is 4.04. The predicted molar refractivity (Wildman–Crippen MR) is 82.5 cm³/mol. The largest absolute Gasteiger partial charge is 0.508 e. The summed E-state index contributed by atoms with van der Waals surface area (Å²) in [6, 6.07) is 4.56. The van der Waals surface area contributed by atoms with Crippen molar-refractivity contribution in [1.82, 2.24) is 5.32 Å². The number of halogens is 1. The number of amides is 1. The third kappa shape index (κ3) is 4.90. The van der Waals surface area contributed by atoms with E-state index in [9.17, 15) is 15.0 Å². The van der Waals surface area contributed by atoms with Gasteiger partial charge in [0.2, 0.25) is 5.91 Å². The van der Waals surface area contributed by atoms with Crippen LogP contribution in [0.15, 0.2) is 18.2 Å². The summed E-state index contributed by atoms with van der Waals surface area (Å²) in [5.74, 6) is -0.0859. The van der Waals surface area contributed by atoms with Gasteiger partial charge in [0, 0.05) is 11.6 Å². The van der Waals surface area contributed by atoms with Crippen LogP contribution in [-0.4, -0.2) is 28.3 Å². The van der Waals surface area contributed by atoms with Gasteiger partial charge in [0.15, 0.2) is 0 Å². The Morgan fingerprint density at radius 3 is 2.52 bits per heavy atom. The highest BCUT2D eigenvalue weighted by Gasteiger charge is 2.28. The fourth-order valence-electron chi connectivity index (χ4n) is 2.74. The van der Waals surface area contributed by atoms with Crippen molar-refractivity contribution in [2.75, 3.05) is 6.54 Å². The molecule has 0 heterocycles. The molecule has 1 saturated carbocycles. The van der Waals surface area contributed by atoms with Crippen LogP contribution in [0.3, 0.4) is 0 Å². The first-order valence-corrected chi connectivity index (χ1v) is 7.83. The molecule has 0 spiro atoms. The maximum atomic E-state index is 12.0. The van der Waals surface area contributed by atoms with E-state index >= 15 is 0 Å². The monoisotopic (exact) mass is 311 g/mol. The Bertz CT molecular complexity index is 496. The van der Waals surface area contributed by atoms with E-state index in [4.69, 9.17) is 11.6 Å². The van der Waals surface area contributed by atoms with E-state index in [-0.39, 0.29) is 18.1 Å². The fraction of sp³-hybridized carbons (Fsp3) is 0.562. The molecule has 0 aromatic heterocycles. The van der Waals surface area contributed by atoms with Gasteiger partial charge in [-0.2, -0.15) is 0 Å². The minimum Gasteiger partial charge on any atom is -0.508 e. The molecule has 4 nitrogen and oxygen atoms in total. The number of benzene rings is 1. The Balaban J connectivity index is 1.86. The van der Waals surface area contributed by atoms with Crippen molar-refractivity contribution in [2.45, 2.75) is 50.5 Å². The third-order valence-corrected chi connectivity index (χ3v) is 4.39. The smallest absolute Gasteiger partial charge is 0.224 e. The van der Waals surface area contributed by atoms with Gasteiger partial charge in [0.25, 0.3) is 0 Å². The molecule has 0 aliphatic heterocycles. The first-order chi connectivity index (χ1) is 9.98. The molecule has 1 fully saturated rings. The number of carbonyl (C=O) groups excluding carboxylic acids is 1. The molecule has 21 heavy (non-hydrogen) atoms. The van der Waals surface area contributed by atoms with Crippen molar-refractivity contribution in [3.05, 3.63) is 28.8 Å². The van der Waals surface area contributed by atoms with Gasteiger partial charge in [-0.05, 0) is 30.5 Å². The van der Waals surface area contributed by atoms with E-state index in [1.165, 1.54) is 12.1 Å². The van der Waals surface area contributed by atoms with Crippen LogP contribution >= 0.6 is 11.6 Å². The lowest BCUT2D eigenvalue weighted by Crippen LogP contribution is -2.43. The number of hydrogen-bond acceptors (Lipinski definition) is 3. The van der Waals surface area contributed by atoms with E-state index in [1.807, 2.05) is 0 Å². The molecule has 0 bridgehead atoms. The highest BCUT2D eigenvalue weighted by molar-refractivity contribution is 6.31. The van der Waals surface area contributed by atoms with Crippen molar-refractivity contribution in [2.24, 2.45) is 0 Å². The summed E-state index contributed by atoms with van der Waals surface area (Å²) < 4.78 is 0. The first-order valence-electron chi connectivity index (χ1n) is 7.45. The molecule has 0 radical (unpaired) electrons. The molecule has 1 aliphatic rings. The van der Waals surface area contributed by atoms with E-state index in [0.717, 1.165) is 38.5 Å². The van der Waals surface area contributed by atoms with E-state index < -0.39 is 5.60 Å².